The number of carbonyl (C=O) groups is 1. The normalized spacial score (nSPS) is 16.7. The van der Waals surface area contributed by atoms with Gasteiger partial charge in [-0.1, -0.05) is 17.4 Å². The van der Waals surface area contributed by atoms with Crippen LogP contribution in [-0.4, -0.2) is 47.2 Å². The van der Waals surface area contributed by atoms with Gasteiger partial charge in [-0.2, -0.15) is 0 Å². The molecule has 0 spiro atoms. The van der Waals surface area contributed by atoms with E-state index in [1.165, 1.54) is 30.4 Å². The Hall–Kier alpha value is -2.13. The molecule has 2 heterocycles. The van der Waals surface area contributed by atoms with Crippen LogP contribution < -0.4 is 10.2 Å². The number of nitrogens with zero attached hydrogens (tertiary/aromatic N) is 4. The topological polar surface area (TPSA) is 61.4 Å². The molecule has 1 unspecified atom stereocenters. The van der Waals surface area contributed by atoms with Crippen LogP contribution in [-0.2, 0) is 4.79 Å². The fraction of sp³-hybridized carbons (Fsp3) is 0.438. The van der Waals surface area contributed by atoms with E-state index in [1.807, 2.05) is 6.92 Å². The highest BCUT2D eigenvalue weighted by molar-refractivity contribution is 7.19. The Kier molecular flexibility index (Phi) is 5.24. The smallest absolute Gasteiger partial charge is 0.223 e. The summed E-state index contributed by atoms with van der Waals surface area (Å²) in [6.07, 6.45) is 0. The second-order valence-corrected chi connectivity index (χ2v) is 6.90. The highest BCUT2D eigenvalue weighted by atomic mass is 32.1. The molecule has 1 atom stereocenters. The molecule has 1 aliphatic rings. The van der Waals surface area contributed by atoms with E-state index in [0.29, 0.717) is 5.13 Å². The van der Waals surface area contributed by atoms with Crippen molar-refractivity contribution in [1.29, 1.82) is 0 Å². The van der Waals surface area contributed by atoms with E-state index in [1.54, 1.807) is 6.07 Å². The molecule has 1 aromatic heterocycles. The molecule has 0 saturated carbocycles. The van der Waals surface area contributed by atoms with E-state index in [-0.39, 0.29) is 11.9 Å². The summed E-state index contributed by atoms with van der Waals surface area (Å²) < 4.78 is 26.5. The average Bonchev–Trinajstić information content (AvgIpc) is 3.04. The maximum atomic E-state index is 13.4. The van der Waals surface area contributed by atoms with E-state index < -0.39 is 11.6 Å². The fourth-order valence-corrected chi connectivity index (χ4v) is 3.67. The summed E-state index contributed by atoms with van der Waals surface area (Å²) in [5, 5.41) is 11.9. The highest BCUT2D eigenvalue weighted by Crippen LogP contribution is 2.28. The van der Waals surface area contributed by atoms with Gasteiger partial charge in [0.2, 0.25) is 16.2 Å². The van der Waals surface area contributed by atoms with Crippen LogP contribution in [0.25, 0.3) is 0 Å². The predicted octanol–water partition coefficient (Wildman–Crippen LogP) is 2.66. The van der Waals surface area contributed by atoms with Gasteiger partial charge in [0.15, 0.2) is 11.6 Å². The minimum atomic E-state index is -0.827. The van der Waals surface area contributed by atoms with Crippen molar-refractivity contribution in [2.24, 2.45) is 0 Å². The van der Waals surface area contributed by atoms with Crippen LogP contribution in [0.5, 0.6) is 0 Å². The summed E-state index contributed by atoms with van der Waals surface area (Å²) in [5.41, 5.74) is 0.760. The number of piperazine rings is 1. The predicted molar refractivity (Wildman–Crippen MR) is 92.8 cm³/mol. The van der Waals surface area contributed by atoms with E-state index in [2.05, 4.69) is 25.3 Å². The third-order valence-electron chi connectivity index (χ3n) is 4.26. The molecule has 6 nitrogen and oxygen atoms in total. The molecule has 1 N–H and O–H groups in total. The molecular weight excluding hydrogens is 348 g/mol. The Morgan fingerprint density at radius 3 is 2.56 bits per heavy atom. The molecule has 134 valence electrons. The Morgan fingerprint density at radius 2 is 1.92 bits per heavy atom. The third-order valence-corrected chi connectivity index (χ3v) is 5.16. The number of anilines is 2. The van der Waals surface area contributed by atoms with Crippen molar-refractivity contribution in [3.63, 3.8) is 0 Å². The zero-order valence-corrected chi connectivity index (χ0v) is 14.8. The average molecular weight is 367 g/mol. The number of carbonyl (C=O) groups excluding carboxylic acids is 1. The molecule has 1 aliphatic heterocycles. The third kappa shape index (κ3) is 4.10. The first-order valence-electron chi connectivity index (χ1n) is 7.99. The SMILES string of the molecule is CC(=O)Nc1nnc(N2CCN(C(C)c3ccc(F)c(F)c3)CC2)s1. The zero-order chi connectivity index (χ0) is 18.0. The van der Waals surface area contributed by atoms with Crippen LogP contribution in [0, 0.1) is 11.6 Å². The lowest BCUT2D eigenvalue weighted by atomic mass is 10.1. The van der Waals surface area contributed by atoms with Gasteiger partial charge in [-0.3, -0.25) is 9.69 Å². The van der Waals surface area contributed by atoms with Crippen LogP contribution in [0.2, 0.25) is 0 Å². The van der Waals surface area contributed by atoms with Crippen molar-refractivity contribution < 1.29 is 13.6 Å². The van der Waals surface area contributed by atoms with Crippen LogP contribution in [0.3, 0.4) is 0 Å². The maximum Gasteiger partial charge on any atom is 0.223 e. The van der Waals surface area contributed by atoms with Crippen LogP contribution in [0.15, 0.2) is 18.2 Å². The van der Waals surface area contributed by atoms with Crippen LogP contribution in [0.4, 0.5) is 19.0 Å². The molecular formula is C16H19F2N5OS. The summed E-state index contributed by atoms with van der Waals surface area (Å²) in [6, 6.07) is 4.06. The van der Waals surface area contributed by atoms with Gasteiger partial charge >= 0.3 is 0 Å². The Bertz CT molecular complexity index is 761. The number of rotatable bonds is 4. The number of nitrogens with one attached hydrogen (secondary N) is 1. The lowest BCUT2D eigenvalue weighted by Gasteiger charge is -2.37. The molecule has 1 aromatic carbocycles. The molecule has 25 heavy (non-hydrogen) atoms. The second kappa shape index (κ2) is 7.40. The largest absolute Gasteiger partial charge is 0.344 e. The molecule has 1 saturated heterocycles. The number of amides is 1. The van der Waals surface area contributed by atoms with E-state index >= 15 is 0 Å². The number of hydrogen-bond acceptors (Lipinski definition) is 6. The minimum Gasteiger partial charge on any atom is -0.344 e. The fourth-order valence-electron chi connectivity index (χ4n) is 2.83. The number of hydrogen-bond donors (Lipinski definition) is 1. The summed E-state index contributed by atoms with van der Waals surface area (Å²) in [4.78, 5) is 15.4. The number of aromatic nitrogens is 2. The highest BCUT2D eigenvalue weighted by Gasteiger charge is 2.24. The summed E-state index contributed by atoms with van der Waals surface area (Å²) in [6.45, 7) is 6.47. The van der Waals surface area contributed by atoms with Gasteiger partial charge in [-0.25, -0.2) is 8.78 Å². The monoisotopic (exact) mass is 367 g/mol. The van der Waals surface area contributed by atoms with Gasteiger partial charge in [0.05, 0.1) is 0 Å². The molecule has 1 fully saturated rings. The standard InChI is InChI=1S/C16H19F2N5OS/c1-10(12-3-4-13(17)14(18)9-12)22-5-7-23(8-6-22)16-21-20-15(25-16)19-11(2)24/h3-4,9-10H,5-8H2,1-2H3,(H,19,20,24). The summed E-state index contributed by atoms with van der Waals surface area (Å²) >= 11 is 1.34. The summed E-state index contributed by atoms with van der Waals surface area (Å²) in [5.74, 6) is -1.82. The van der Waals surface area contributed by atoms with Crippen molar-refractivity contribution in [2.45, 2.75) is 19.9 Å². The molecule has 1 amide bonds. The minimum absolute atomic E-state index is 0.00149. The number of benzene rings is 1. The van der Waals surface area contributed by atoms with Crippen LogP contribution >= 0.6 is 11.3 Å². The van der Waals surface area contributed by atoms with E-state index in [9.17, 15) is 13.6 Å². The first kappa shape index (κ1) is 17.7. The molecule has 0 radical (unpaired) electrons. The van der Waals surface area contributed by atoms with Gasteiger partial charge in [0.1, 0.15) is 0 Å². The molecule has 9 heteroatoms. The van der Waals surface area contributed by atoms with Crippen molar-refractivity contribution >= 4 is 27.5 Å². The van der Waals surface area contributed by atoms with Gasteiger partial charge < -0.3 is 10.2 Å². The lowest BCUT2D eigenvalue weighted by Crippen LogP contribution is -2.47. The first-order valence-corrected chi connectivity index (χ1v) is 8.80. The molecule has 0 bridgehead atoms. The Labute approximate surface area is 148 Å². The van der Waals surface area contributed by atoms with Crippen molar-refractivity contribution in [3.05, 3.63) is 35.4 Å². The Morgan fingerprint density at radius 1 is 1.20 bits per heavy atom. The quantitative estimate of drug-likeness (QED) is 0.900. The first-order chi connectivity index (χ1) is 11.9. The maximum absolute atomic E-state index is 13.4. The van der Waals surface area contributed by atoms with Gasteiger partial charge in [-0.05, 0) is 24.6 Å². The molecule has 3 rings (SSSR count). The van der Waals surface area contributed by atoms with E-state index in [4.69, 9.17) is 0 Å². The van der Waals surface area contributed by atoms with E-state index in [0.717, 1.165) is 36.9 Å². The van der Waals surface area contributed by atoms with Crippen molar-refractivity contribution in [1.82, 2.24) is 15.1 Å². The Balaban J connectivity index is 1.60. The molecule has 0 aliphatic carbocycles. The zero-order valence-electron chi connectivity index (χ0n) is 14.0. The van der Waals surface area contributed by atoms with Gasteiger partial charge in [0, 0.05) is 39.1 Å². The van der Waals surface area contributed by atoms with Gasteiger partial charge in [0.25, 0.3) is 0 Å². The van der Waals surface area contributed by atoms with Crippen molar-refractivity contribution in [3.8, 4) is 0 Å². The van der Waals surface area contributed by atoms with Crippen molar-refractivity contribution in [2.75, 3.05) is 36.4 Å². The number of halogens is 2. The van der Waals surface area contributed by atoms with Crippen LogP contribution in [0.1, 0.15) is 25.5 Å². The van der Waals surface area contributed by atoms with Gasteiger partial charge in [-0.15, -0.1) is 10.2 Å². The second-order valence-electron chi connectivity index (χ2n) is 5.94. The summed E-state index contributed by atoms with van der Waals surface area (Å²) in [7, 11) is 0. The molecule has 2 aromatic rings. The lowest BCUT2D eigenvalue weighted by molar-refractivity contribution is -0.114.